The first-order valence-corrected chi connectivity index (χ1v) is 13.7. The fourth-order valence-corrected chi connectivity index (χ4v) is 4.66. The lowest BCUT2D eigenvalue weighted by molar-refractivity contribution is -0.129. The molecular weight excluding hydrogens is 490 g/mol. The van der Waals surface area contributed by atoms with Gasteiger partial charge in [0.25, 0.3) is 0 Å². The van der Waals surface area contributed by atoms with Crippen molar-refractivity contribution in [2.45, 2.75) is 39.3 Å². The maximum Gasteiger partial charge on any atom is 0.242 e. The Bertz CT molecular complexity index is 1240. The molecule has 0 fully saturated rings. The molecule has 3 aromatic rings. The van der Waals surface area contributed by atoms with Crippen LogP contribution in [0.25, 0.3) is 17.5 Å². The van der Waals surface area contributed by atoms with E-state index < -0.39 is 6.04 Å². The zero-order valence-corrected chi connectivity index (χ0v) is 22.9. The lowest BCUT2D eigenvalue weighted by atomic mass is 10.0. The molecule has 8 nitrogen and oxygen atoms in total. The Kier molecular flexibility index (Phi) is 10.3. The van der Waals surface area contributed by atoms with Crippen LogP contribution in [0, 0.1) is 5.92 Å². The Balaban J connectivity index is 1.51. The average molecular weight is 530 g/mol. The fraction of sp³-hybridized carbons (Fsp3) is 0.387. The Morgan fingerprint density at radius 3 is 2.77 bits per heavy atom. The number of carbonyl (C=O) groups excluding carboxylic acids is 2. The predicted molar refractivity (Wildman–Crippen MR) is 154 cm³/mol. The molecule has 0 unspecified atom stereocenters. The van der Waals surface area contributed by atoms with Gasteiger partial charge in [0.05, 0.1) is 13.2 Å². The third kappa shape index (κ3) is 8.82. The summed E-state index contributed by atoms with van der Waals surface area (Å²) in [7, 11) is 0. The van der Waals surface area contributed by atoms with Gasteiger partial charge in [0, 0.05) is 44.1 Å². The molecule has 1 aliphatic rings. The SMILES string of the molecule is CC(C)C[C@H]1NC(=O)CN(CC=Cc2ccccc2)CCCOc2cccc(c2)-c2nccn2CCNC1=O. The molecule has 2 aromatic carbocycles. The Labute approximate surface area is 231 Å². The van der Waals surface area contributed by atoms with E-state index in [4.69, 9.17) is 4.74 Å². The minimum Gasteiger partial charge on any atom is -0.494 e. The van der Waals surface area contributed by atoms with Crippen LogP contribution >= 0.6 is 0 Å². The number of carbonyl (C=O) groups is 2. The molecule has 0 radical (unpaired) electrons. The number of fused-ring (bicyclic) bond motifs is 4. The highest BCUT2D eigenvalue weighted by Gasteiger charge is 2.23. The molecule has 2 amide bonds. The molecule has 8 heteroatoms. The molecule has 0 spiro atoms. The summed E-state index contributed by atoms with van der Waals surface area (Å²) in [5.41, 5.74) is 2.07. The molecule has 4 rings (SSSR count). The van der Waals surface area contributed by atoms with E-state index in [2.05, 4.69) is 46.5 Å². The zero-order valence-electron chi connectivity index (χ0n) is 22.9. The van der Waals surface area contributed by atoms with E-state index in [1.165, 1.54) is 0 Å². The number of imidazole rings is 1. The number of nitrogens with zero attached hydrogens (tertiary/aromatic N) is 3. The molecule has 2 N–H and O–H groups in total. The summed E-state index contributed by atoms with van der Waals surface area (Å²) in [4.78, 5) is 32.8. The van der Waals surface area contributed by atoms with Gasteiger partial charge in [-0.1, -0.05) is 68.5 Å². The second-order valence-electron chi connectivity index (χ2n) is 10.3. The van der Waals surface area contributed by atoms with E-state index in [1.807, 2.05) is 65.4 Å². The normalized spacial score (nSPS) is 18.1. The molecule has 206 valence electrons. The van der Waals surface area contributed by atoms with Gasteiger partial charge < -0.3 is 19.9 Å². The Hall–Kier alpha value is -3.91. The van der Waals surface area contributed by atoms with Crippen molar-refractivity contribution in [3.05, 3.63) is 78.6 Å². The first-order chi connectivity index (χ1) is 19.0. The molecule has 0 aliphatic carbocycles. The predicted octanol–water partition coefficient (Wildman–Crippen LogP) is 4.00. The van der Waals surface area contributed by atoms with Crippen LogP contribution in [-0.4, -0.2) is 65.1 Å². The van der Waals surface area contributed by atoms with Crippen molar-refractivity contribution in [2.24, 2.45) is 5.92 Å². The maximum absolute atomic E-state index is 13.1. The third-order valence-corrected chi connectivity index (χ3v) is 6.55. The standard InChI is InChI=1S/C31H39N5O3/c1-24(2)21-28-31(38)33-15-19-36-18-14-32-30(36)26-12-6-13-27(22-26)39-20-8-17-35(23-29(37)34-28)16-7-11-25-9-4-3-5-10-25/h3-7,9-14,18,22,24,28H,8,15-17,19-21,23H2,1-2H3,(H,33,38)(H,34,37)/t28-/m1/s1. The number of benzene rings is 2. The maximum atomic E-state index is 13.1. The van der Waals surface area contributed by atoms with Crippen LogP contribution in [0.1, 0.15) is 32.3 Å². The quantitative estimate of drug-likeness (QED) is 0.522. The lowest BCUT2D eigenvalue weighted by Gasteiger charge is -2.24. The highest BCUT2D eigenvalue weighted by atomic mass is 16.5. The van der Waals surface area contributed by atoms with Gasteiger partial charge in [0.1, 0.15) is 17.6 Å². The fourth-order valence-electron chi connectivity index (χ4n) is 4.66. The average Bonchev–Trinajstić information content (AvgIpc) is 3.39. The topological polar surface area (TPSA) is 88.5 Å². The number of hydrogen-bond acceptors (Lipinski definition) is 5. The molecule has 0 saturated carbocycles. The van der Waals surface area contributed by atoms with Gasteiger partial charge in [-0.25, -0.2) is 4.98 Å². The van der Waals surface area contributed by atoms with E-state index in [0.29, 0.717) is 39.2 Å². The molecule has 39 heavy (non-hydrogen) atoms. The Morgan fingerprint density at radius 1 is 1.10 bits per heavy atom. The summed E-state index contributed by atoms with van der Waals surface area (Å²) in [5, 5.41) is 6.00. The van der Waals surface area contributed by atoms with Crippen LogP contribution in [0.4, 0.5) is 0 Å². The molecule has 0 saturated heterocycles. The molecule has 2 heterocycles. The van der Waals surface area contributed by atoms with Gasteiger partial charge in [-0.05, 0) is 36.5 Å². The van der Waals surface area contributed by atoms with E-state index >= 15 is 0 Å². The van der Waals surface area contributed by atoms with Crippen molar-refractivity contribution < 1.29 is 14.3 Å². The number of amides is 2. The first-order valence-electron chi connectivity index (χ1n) is 13.7. The zero-order chi connectivity index (χ0) is 27.5. The van der Waals surface area contributed by atoms with Gasteiger partial charge >= 0.3 is 0 Å². The van der Waals surface area contributed by atoms with Crippen molar-refractivity contribution in [2.75, 3.05) is 32.8 Å². The van der Waals surface area contributed by atoms with Gasteiger partial charge in [-0.15, -0.1) is 0 Å². The number of hydrogen-bond donors (Lipinski definition) is 2. The van der Waals surface area contributed by atoms with Crippen LogP contribution in [0.15, 0.2) is 73.1 Å². The summed E-state index contributed by atoms with van der Waals surface area (Å²) in [5.74, 6) is 1.54. The minimum absolute atomic E-state index is 0.157. The van der Waals surface area contributed by atoms with Crippen molar-refractivity contribution in [1.82, 2.24) is 25.1 Å². The second-order valence-corrected chi connectivity index (χ2v) is 10.3. The third-order valence-electron chi connectivity index (χ3n) is 6.55. The van der Waals surface area contributed by atoms with Crippen molar-refractivity contribution in [3.8, 4) is 17.1 Å². The van der Waals surface area contributed by atoms with Gasteiger partial charge in [-0.3, -0.25) is 14.5 Å². The first kappa shape index (κ1) is 28.1. The minimum atomic E-state index is -0.583. The van der Waals surface area contributed by atoms with Crippen molar-refractivity contribution in [1.29, 1.82) is 0 Å². The number of aromatic nitrogens is 2. The smallest absolute Gasteiger partial charge is 0.242 e. The van der Waals surface area contributed by atoms with Crippen LogP contribution in [0.5, 0.6) is 5.75 Å². The van der Waals surface area contributed by atoms with Crippen LogP contribution < -0.4 is 15.4 Å². The molecule has 2 bridgehead atoms. The van der Waals surface area contributed by atoms with Gasteiger partial charge in [0.15, 0.2) is 0 Å². The molecule has 1 aliphatic heterocycles. The summed E-state index contributed by atoms with van der Waals surface area (Å²) < 4.78 is 8.08. The van der Waals surface area contributed by atoms with Crippen molar-refractivity contribution in [3.63, 3.8) is 0 Å². The summed E-state index contributed by atoms with van der Waals surface area (Å²) in [6, 6.07) is 17.4. The summed E-state index contributed by atoms with van der Waals surface area (Å²) in [6.07, 6.45) is 9.12. The van der Waals surface area contributed by atoms with Crippen molar-refractivity contribution >= 4 is 17.9 Å². The Morgan fingerprint density at radius 2 is 1.95 bits per heavy atom. The number of rotatable bonds is 5. The molecule has 1 aromatic heterocycles. The highest BCUT2D eigenvalue weighted by molar-refractivity contribution is 5.88. The van der Waals surface area contributed by atoms with Gasteiger partial charge in [0.2, 0.25) is 11.8 Å². The van der Waals surface area contributed by atoms with E-state index in [1.54, 1.807) is 6.20 Å². The summed E-state index contributed by atoms with van der Waals surface area (Å²) in [6.45, 7) is 7.12. The van der Waals surface area contributed by atoms with E-state index in [0.717, 1.165) is 29.1 Å². The van der Waals surface area contributed by atoms with E-state index in [9.17, 15) is 9.59 Å². The number of ether oxygens (including phenoxy) is 1. The molecule has 1 atom stereocenters. The lowest BCUT2D eigenvalue weighted by Crippen LogP contribution is -2.50. The largest absolute Gasteiger partial charge is 0.494 e. The molecular formula is C31H39N5O3. The summed E-state index contributed by atoms with van der Waals surface area (Å²) >= 11 is 0. The number of nitrogens with one attached hydrogen (secondary N) is 2. The highest BCUT2D eigenvalue weighted by Crippen LogP contribution is 2.23. The van der Waals surface area contributed by atoms with E-state index in [-0.39, 0.29) is 24.3 Å². The van der Waals surface area contributed by atoms with Gasteiger partial charge in [-0.2, -0.15) is 0 Å². The monoisotopic (exact) mass is 529 g/mol. The second kappa shape index (κ2) is 14.3. The van der Waals surface area contributed by atoms with Crippen LogP contribution in [0.2, 0.25) is 0 Å². The van der Waals surface area contributed by atoms with Crippen LogP contribution in [0.3, 0.4) is 0 Å². The van der Waals surface area contributed by atoms with Crippen LogP contribution in [-0.2, 0) is 16.1 Å².